The molecule has 1 aromatic rings. The Bertz CT molecular complexity index is 366. The fourth-order valence-electron chi connectivity index (χ4n) is 1.99. The minimum Gasteiger partial charge on any atom is -0.310 e. The maximum absolute atomic E-state index is 3.67. The van der Waals surface area contributed by atoms with Gasteiger partial charge in [0.25, 0.3) is 0 Å². The van der Waals surface area contributed by atoms with Gasteiger partial charge in [-0.1, -0.05) is 59.1 Å². The molecule has 0 radical (unpaired) electrons. The van der Waals surface area contributed by atoms with Crippen LogP contribution in [0.2, 0.25) is 0 Å². The van der Waals surface area contributed by atoms with E-state index < -0.39 is 0 Å². The summed E-state index contributed by atoms with van der Waals surface area (Å²) >= 11 is 7.24. The first-order valence-electron chi connectivity index (χ1n) is 6.76. The van der Waals surface area contributed by atoms with Gasteiger partial charge in [0.2, 0.25) is 0 Å². The molecular weight excluding hydrogens is 354 g/mol. The first kappa shape index (κ1) is 16.2. The van der Waals surface area contributed by atoms with E-state index in [1.165, 1.54) is 29.3 Å². The van der Waals surface area contributed by atoms with Crippen LogP contribution < -0.4 is 5.32 Å². The molecule has 1 aromatic carbocycles. The maximum Gasteiger partial charge on any atom is 0.0334 e. The molecule has 2 unspecified atom stereocenters. The van der Waals surface area contributed by atoms with Crippen molar-refractivity contribution in [2.45, 2.75) is 46.1 Å². The molecule has 0 amide bonds. The average molecular weight is 377 g/mol. The first-order valence-corrected chi connectivity index (χ1v) is 8.35. The molecule has 0 aliphatic carbocycles. The molecule has 0 bridgehead atoms. The Hall–Kier alpha value is 0.140. The van der Waals surface area contributed by atoms with Gasteiger partial charge in [0.1, 0.15) is 0 Å². The summed E-state index contributed by atoms with van der Waals surface area (Å²) in [5.41, 5.74) is 1.36. The van der Waals surface area contributed by atoms with Crippen LogP contribution in [0.25, 0.3) is 0 Å². The monoisotopic (exact) mass is 375 g/mol. The van der Waals surface area contributed by atoms with Gasteiger partial charge in [0, 0.05) is 15.0 Å². The highest BCUT2D eigenvalue weighted by molar-refractivity contribution is 9.11. The van der Waals surface area contributed by atoms with Crippen LogP contribution in [-0.4, -0.2) is 6.54 Å². The third-order valence-corrected chi connectivity index (χ3v) is 4.52. The average Bonchev–Trinajstić information content (AvgIpc) is 2.37. The fourth-order valence-corrected chi connectivity index (χ4v) is 2.89. The van der Waals surface area contributed by atoms with E-state index in [1.54, 1.807) is 0 Å². The number of nitrogens with one attached hydrogen (secondary N) is 1. The fraction of sp³-hybridized carbons (Fsp3) is 0.600. The highest BCUT2D eigenvalue weighted by Gasteiger charge is 2.16. The zero-order chi connectivity index (χ0) is 13.5. The van der Waals surface area contributed by atoms with E-state index in [4.69, 9.17) is 0 Å². The Morgan fingerprint density at radius 2 is 1.94 bits per heavy atom. The predicted octanol–water partition coefficient (Wildman–Crippen LogP) is 5.69. The van der Waals surface area contributed by atoms with Gasteiger partial charge in [0.15, 0.2) is 0 Å². The minimum atomic E-state index is 0.437. The van der Waals surface area contributed by atoms with Crippen LogP contribution in [0.15, 0.2) is 27.1 Å². The van der Waals surface area contributed by atoms with Crippen molar-refractivity contribution < 1.29 is 0 Å². The topological polar surface area (TPSA) is 12.0 Å². The molecule has 0 spiro atoms. The molecule has 0 fully saturated rings. The van der Waals surface area contributed by atoms with Crippen LogP contribution >= 0.6 is 31.9 Å². The Kier molecular flexibility index (Phi) is 7.50. The number of halogens is 2. The minimum absolute atomic E-state index is 0.437. The Morgan fingerprint density at radius 3 is 2.56 bits per heavy atom. The Balaban J connectivity index is 2.89. The zero-order valence-corrected chi connectivity index (χ0v) is 14.6. The molecule has 0 saturated heterocycles. The normalized spacial score (nSPS) is 14.5. The first-order chi connectivity index (χ1) is 8.58. The number of hydrogen-bond acceptors (Lipinski definition) is 1. The lowest BCUT2D eigenvalue weighted by atomic mass is 9.94. The van der Waals surface area contributed by atoms with E-state index in [0.29, 0.717) is 6.04 Å². The Labute approximate surface area is 128 Å². The summed E-state index contributed by atoms with van der Waals surface area (Å²) in [5.74, 6) is 0.741. The summed E-state index contributed by atoms with van der Waals surface area (Å²) in [6.07, 6.45) is 3.59. The van der Waals surface area contributed by atoms with E-state index in [-0.39, 0.29) is 0 Å². The molecule has 1 rings (SSSR count). The van der Waals surface area contributed by atoms with Gasteiger partial charge in [-0.05, 0) is 49.1 Å². The van der Waals surface area contributed by atoms with Crippen LogP contribution in [-0.2, 0) is 0 Å². The summed E-state index contributed by atoms with van der Waals surface area (Å²) in [6.45, 7) is 7.87. The van der Waals surface area contributed by atoms with E-state index >= 15 is 0 Å². The lowest BCUT2D eigenvalue weighted by Gasteiger charge is -2.23. The van der Waals surface area contributed by atoms with Crippen molar-refractivity contribution in [2.75, 3.05) is 6.54 Å². The SMILES string of the molecule is CCCNC(CC(C)CC)c1cc(Br)ccc1Br. The molecule has 3 heteroatoms. The van der Waals surface area contributed by atoms with E-state index in [2.05, 4.69) is 76.1 Å². The van der Waals surface area contributed by atoms with Gasteiger partial charge in [-0.3, -0.25) is 0 Å². The predicted molar refractivity (Wildman–Crippen MR) is 86.9 cm³/mol. The van der Waals surface area contributed by atoms with Gasteiger partial charge in [-0.15, -0.1) is 0 Å². The van der Waals surface area contributed by atoms with Crippen molar-refractivity contribution in [1.82, 2.24) is 5.32 Å². The molecule has 1 N–H and O–H groups in total. The lowest BCUT2D eigenvalue weighted by molar-refractivity contribution is 0.401. The molecule has 18 heavy (non-hydrogen) atoms. The van der Waals surface area contributed by atoms with Crippen molar-refractivity contribution in [3.8, 4) is 0 Å². The molecule has 0 aliphatic heterocycles. The summed E-state index contributed by atoms with van der Waals surface area (Å²) in [6, 6.07) is 6.86. The molecule has 0 heterocycles. The third-order valence-electron chi connectivity index (χ3n) is 3.31. The van der Waals surface area contributed by atoms with Crippen molar-refractivity contribution in [3.63, 3.8) is 0 Å². The van der Waals surface area contributed by atoms with Gasteiger partial charge < -0.3 is 5.32 Å². The summed E-state index contributed by atoms with van der Waals surface area (Å²) in [4.78, 5) is 0. The second kappa shape index (κ2) is 8.34. The zero-order valence-electron chi connectivity index (χ0n) is 11.5. The van der Waals surface area contributed by atoms with E-state index in [0.717, 1.165) is 16.9 Å². The summed E-state index contributed by atoms with van der Waals surface area (Å²) in [5, 5.41) is 3.67. The number of hydrogen-bond donors (Lipinski definition) is 1. The standard InChI is InChI=1S/C15H23Br2N/c1-4-8-18-15(9-11(3)5-2)13-10-12(16)6-7-14(13)17/h6-7,10-11,15,18H,4-5,8-9H2,1-3H3. The smallest absolute Gasteiger partial charge is 0.0334 e. The largest absolute Gasteiger partial charge is 0.310 e. The number of benzene rings is 1. The molecule has 2 atom stereocenters. The van der Waals surface area contributed by atoms with Crippen LogP contribution in [0.4, 0.5) is 0 Å². The maximum atomic E-state index is 3.67. The molecule has 0 aromatic heterocycles. The second-order valence-corrected chi connectivity index (χ2v) is 6.69. The lowest BCUT2D eigenvalue weighted by Crippen LogP contribution is -2.24. The molecule has 0 saturated carbocycles. The van der Waals surface area contributed by atoms with Crippen molar-refractivity contribution in [3.05, 3.63) is 32.7 Å². The van der Waals surface area contributed by atoms with Gasteiger partial charge in [-0.2, -0.15) is 0 Å². The van der Waals surface area contributed by atoms with E-state index in [1.807, 2.05) is 0 Å². The molecule has 102 valence electrons. The van der Waals surface area contributed by atoms with Crippen LogP contribution in [0.5, 0.6) is 0 Å². The van der Waals surface area contributed by atoms with Crippen LogP contribution in [0, 0.1) is 5.92 Å². The van der Waals surface area contributed by atoms with Crippen molar-refractivity contribution in [2.24, 2.45) is 5.92 Å². The molecule has 0 aliphatic rings. The highest BCUT2D eigenvalue weighted by atomic mass is 79.9. The quantitative estimate of drug-likeness (QED) is 0.644. The third kappa shape index (κ3) is 5.02. The Morgan fingerprint density at radius 1 is 1.22 bits per heavy atom. The number of rotatable bonds is 7. The van der Waals surface area contributed by atoms with Gasteiger partial charge >= 0.3 is 0 Å². The van der Waals surface area contributed by atoms with Crippen LogP contribution in [0.1, 0.15) is 51.6 Å². The summed E-state index contributed by atoms with van der Waals surface area (Å²) in [7, 11) is 0. The highest BCUT2D eigenvalue weighted by Crippen LogP contribution is 2.31. The van der Waals surface area contributed by atoms with Crippen molar-refractivity contribution >= 4 is 31.9 Å². The van der Waals surface area contributed by atoms with Crippen molar-refractivity contribution in [1.29, 1.82) is 0 Å². The van der Waals surface area contributed by atoms with Gasteiger partial charge in [0.05, 0.1) is 0 Å². The second-order valence-electron chi connectivity index (χ2n) is 4.92. The summed E-state index contributed by atoms with van der Waals surface area (Å²) < 4.78 is 2.34. The van der Waals surface area contributed by atoms with Crippen LogP contribution in [0.3, 0.4) is 0 Å². The molecular formula is C15H23Br2N. The van der Waals surface area contributed by atoms with Gasteiger partial charge in [-0.25, -0.2) is 0 Å². The van der Waals surface area contributed by atoms with E-state index in [9.17, 15) is 0 Å². The molecule has 1 nitrogen and oxygen atoms in total.